The third kappa shape index (κ3) is 3.43. The molecule has 2 heterocycles. The maximum atomic E-state index is 11.4. The van der Waals surface area contributed by atoms with Crippen molar-refractivity contribution in [3.05, 3.63) is 51.6 Å². The average molecular weight is 445 g/mol. The number of aromatic carboxylic acids is 1. The maximum Gasteiger partial charge on any atom is 0.372 e. The van der Waals surface area contributed by atoms with Crippen LogP contribution < -0.4 is 0 Å². The maximum absolute atomic E-state index is 11.4. The predicted molar refractivity (Wildman–Crippen MR) is 110 cm³/mol. The molecule has 0 amide bonds. The van der Waals surface area contributed by atoms with E-state index >= 15 is 0 Å². The van der Waals surface area contributed by atoms with Gasteiger partial charge in [-0.15, -0.1) is 0 Å². The van der Waals surface area contributed by atoms with E-state index in [1.54, 1.807) is 49.7 Å². The molecule has 6 nitrogen and oxygen atoms in total. The Bertz CT molecular complexity index is 1070. The van der Waals surface area contributed by atoms with Crippen molar-refractivity contribution in [2.45, 2.75) is 27.7 Å². The first kappa shape index (κ1) is 21.3. The zero-order valence-electron chi connectivity index (χ0n) is 16.3. The van der Waals surface area contributed by atoms with Gasteiger partial charge in [0.25, 0.3) is 0 Å². The van der Waals surface area contributed by atoms with E-state index in [-0.39, 0.29) is 11.5 Å². The molecular formula is C21H21BrN2O4. The number of halogens is 1. The molecule has 0 saturated heterocycles. The lowest BCUT2D eigenvalue weighted by Crippen LogP contribution is -1.97. The quantitative estimate of drug-likeness (QED) is 0.544. The molecule has 7 heteroatoms. The van der Waals surface area contributed by atoms with Gasteiger partial charge in [0, 0.05) is 29.3 Å². The molecule has 0 fully saturated rings. The molecule has 1 aromatic carbocycles. The lowest BCUT2D eigenvalue weighted by molar-refractivity contribution is 0.0660. The van der Waals surface area contributed by atoms with Crippen LogP contribution >= 0.6 is 15.9 Å². The van der Waals surface area contributed by atoms with Gasteiger partial charge in [0.2, 0.25) is 5.76 Å². The SMILES string of the molecule is CC.Cc1oc(C(=O)O)c(C)c1-c1c(-c2ccc(O)cc2)c(Br)n(C)c1C#N. The third-order valence-electron chi connectivity index (χ3n) is 4.35. The number of furan rings is 1. The molecule has 28 heavy (non-hydrogen) atoms. The van der Waals surface area contributed by atoms with Gasteiger partial charge in [0.1, 0.15) is 23.3 Å². The van der Waals surface area contributed by atoms with Crippen LogP contribution in [-0.2, 0) is 7.05 Å². The van der Waals surface area contributed by atoms with Gasteiger partial charge < -0.3 is 19.2 Å². The van der Waals surface area contributed by atoms with E-state index in [1.807, 2.05) is 13.8 Å². The van der Waals surface area contributed by atoms with Crippen molar-refractivity contribution < 1.29 is 19.4 Å². The summed E-state index contributed by atoms with van der Waals surface area (Å²) in [5.41, 5.74) is 3.53. The monoisotopic (exact) mass is 444 g/mol. The minimum absolute atomic E-state index is 0.131. The number of aromatic nitrogens is 1. The number of hydrogen-bond donors (Lipinski definition) is 2. The summed E-state index contributed by atoms with van der Waals surface area (Å²) in [6.07, 6.45) is 0. The number of aromatic hydroxyl groups is 1. The number of nitriles is 1. The van der Waals surface area contributed by atoms with Crippen LogP contribution in [0.5, 0.6) is 5.75 Å². The standard InChI is InChI=1S/C19H15BrN2O4.C2H6/c1-9-14(10(2)26-17(9)19(24)25)16-13(8-21)22(3)18(20)15(16)11-4-6-12(23)7-5-11;1-2/h4-7,23H,1-3H3,(H,24,25);1-2H3. The summed E-state index contributed by atoms with van der Waals surface area (Å²) >= 11 is 3.53. The van der Waals surface area contributed by atoms with Crippen molar-refractivity contribution in [2.24, 2.45) is 7.05 Å². The second-order valence-corrected chi connectivity index (χ2v) is 6.65. The van der Waals surface area contributed by atoms with E-state index in [0.29, 0.717) is 32.7 Å². The van der Waals surface area contributed by atoms with Gasteiger partial charge in [0.05, 0.1) is 4.60 Å². The lowest BCUT2D eigenvalue weighted by atomic mass is 9.94. The number of phenols is 1. The second kappa shape index (κ2) is 8.36. The Morgan fingerprint density at radius 1 is 1.14 bits per heavy atom. The molecule has 2 N–H and O–H groups in total. The molecule has 0 unspecified atom stereocenters. The summed E-state index contributed by atoms with van der Waals surface area (Å²) in [6.45, 7) is 7.34. The summed E-state index contributed by atoms with van der Waals surface area (Å²) < 4.78 is 7.82. The van der Waals surface area contributed by atoms with Gasteiger partial charge in [-0.05, 0) is 47.5 Å². The van der Waals surface area contributed by atoms with E-state index in [2.05, 4.69) is 22.0 Å². The number of carboxylic acids is 1. The summed E-state index contributed by atoms with van der Waals surface area (Å²) in [5, 5.41) is 28.6. The van der Waals surface area contributed by atoms with Crippen LogP contribution in [0.25, 0.3) is 22.3 Å². The Morgan fingerprint density at radius 2 is 1.71 bits per heavy atom. The number of hydrogen-bond acceptors (Lipinski definition) is 4. The van der Waals surface area contributed by atoms with Crippen LogP contribution in [0.15, 0.2) is 33.3 Å². The van der Waals surface area contributed by atoms with E-state index in [1.165, 1.54) is 0 Å². The van der Waals surface area contributed by atoms with Crippen molar-refractivity contribution in [1.82, 2.24) is 4.57 Å². The Morgan fingerprint density at radius 3 is 2.18 bits per heavy atom. The molecule has 0 aliphatic carbocycles. The molecule has 0 aliphatic heterocycles. The number of aryl methyl sites for hydroxylation is 1. The average Bonchev–Trinajstić information content (AvgIpc) is 3.10. The minimum atomic E-state index is -1.16. The van der Waals surface area contributed by atoms with Gasteiger partial charge in [-0.1, -0.05) is 26.0 Å². The van der Waals surface area contributed by atoms with Crippen LogP contribution in [-0.4, -0.2) is 20.7 Å². The van der Waals surface area contributed by atoms with E-state index in [4.69, 9.17) is 4.42 Å². The van der Waals surface area contributed by atoms with Crippen molar-refractivity contribution in [2.75, 3.05) is 0 Å². The van der Waals surface area contributed by atoms with Gasteiger partial charge >= 0.3 is 5.97 Å². The first-order valence-corrected chi connectivity index (χ1v) is 9.48. The largest absolute Gasteiger partial charge is 0.508 e. The van der Waals surface area contributed by atoms with Crippen molar-refractivity contribution in [1.29, 1.82) is 5.26 Å². The van der Waals surface area contributed by atoms with Crippen LogP contribution in [0, 0.1) is 25.2 Å². The molecule has 2 aromatic heterocycles. The summed E-state index contributed by atoms with van der Waals surface area (Å²) in [7, 11) is 1.75. The fourth-order valence-electron chi connectivity index (χ4n) is 3.15. The zero-order chi connectivity index (χ0) is 21.2. The predicted octanol–water partition coefficient (Wildman–Crippen LogP) is 5.63. The lowest BCUT2D eigenvalue weighted by Gasteiger charge is -2.07. The second-order valence-electron chi connectivity index (χ2n) is 5.90. The zero-order valence-corrected chi connectivity index (χ0v) is 17.9. The number of benzene rings is 1. The highest BCUT2D eigenvalue weighted by molar-refractivity contribution is 9.10. The highest BCUT2D eigenvalue weighted by Gasteiger charge is 2.29. The van der Waals surface area contributed by atoms with Crippen LogP contribution in [0.2, 0.25) is 0 Å². The highest BCUT2D eigenvalue weighted by Crippen LogP contribution is 2.45. The normalized spacial score (nSPS) is 10.2. The smallest absolute Gasteiger partial charge is 0.372 e. The summed E-state index contributed by atoms with van der Waals surface area (Å²) in [5.74, 6) is -0.740. The van der Waals surface area contributed by atoms with Crippen molar-refractivity contribution >= 4 is 21.9 Å². The molecule has 0 saturated carbocycles. The fourth-order valence-corrected chi connectivity index (χ4v) is 3.75. The van der Waals surface area contributed by atoms with Gasteiger partial charge in [-0.3, -0.25) is 0 Å². The third-order valence-corrected chi connectivity index (χ3v) is 5.28. The molecule has 0 aliphatic rings. The van der Waals surface area contributed by atoms with Crippen LogP contribution in [0.4, 0.5) is 0 Å². The Balaban J connectivity index is 0.00000136. The van der Waals surface area contributed by atoms with Gasteiger partial charge in [-0.2, -0.15) is 5.26 Å². The first-order valence-electron chi connectivity index (χ1n) is 8.69. The van der Waals surface area contributed by atoms with Gasteiger partial charge in [0.15, 0.2) is 0 Å². The number of carboxylic acid groups (broad SMARTS) is 1. The van der Waals surface area contributed by atoms with Gasteiger partial charge in [-0.25, -0.2) is 4.79 Å². The van der Waals surface area contributed by atoms with E-state index in [0.717, 1.165) is 11.1 Å². The Hall–Kier alpha value is -2.98. The Labute approximate surface area is 171 Å². The van der Waals surface area contributed by atoms with Crippen LogP contribution in [0.1, 0.15) is 41.4 Å². The Kier molecular flexibility index (Phi) is 6.37. The molecule has 0 atom stereocenters. The number of phenolic OH excluding ortho intramolecular Hbond substituents is 1. The molecule has 3 rings (SSSR count). The van der Waals surface area contributed by atoms with Crippen molar-refractivity contribution in [3.8, 4) is 34.1 Å². The van der Waals surface area contributed by atoms with Crippen molar-refractivity contribution in [3.63, 3.8) is 0 Å². The molecular weight excluding hydrogens is 424 g/mol. The molecule has 3 aromatic rings. The summed E-state index contributed by atoms with van der Waals surface area (Å²) in [6, 6.07) is 8.79. The van der Waals surface area contributed by atoms with E-state index < -0.39 is 5.97 Å². The fraction of sp³-hybridized carbons (Fsp3) is 0.238. The molecule has 0 radical (unpaired) electrons. The van der Waals surface area contributed by atoms with Crippen LogP contribution in [0.3, 0.4) is 0 Å². The molecule has 0 spiro atoms. The number of nitrogens with zero attached hydrogens (tertiary/aromatic N) is 2. The molecule has 0 bridgehead atoms. The number of carbonyl (C=O) groups is 1. The summed E-state index contributed by atoms with van der Waals surface area (Å²) in [4.78, 5) is 11.4. The highest BCUT2D eigenvalue weighted by atomic mass is 79.9. The molecule has 146 valence electrons. The number of rotatable bonds is 3. The topological polar surface area (TPSA) is 99.4 Å². The van der Waals surface area contributed by atoms with E-state index in [9.17, 15) is 20.3 Å². The first-order chi connectivity index (χ1) is 13.3. The minimum Gasteiger partial charge on any atom is -0.508 e.